The van der Waals surface area contributed by atoms with Crippen LogP contribution in [0.5, 0.6) is 0 Å². The van der Waals surface area contributed by atoms with Crippen LogP contribution in [0.2, 0.25) is 0 Å². The molecule has 1 aromatic rings. The van der Waals surface area contributed by atoms with E-state index in [0.717, 1.165) is 25.2 Å². The van der Waals surface area contributed by atoms with E-state index in [4.69, 9.17) is 4.74 Å². The van der Waals surface area contributed by atoms with Gasteiger partial charge in [-0.2, -0.15) is 0 Å². The summed E-state index contributed by atoms with van der Waals surface area (Å²) in [4.78, 5) is 13.7. The van der Waals surface area contributed by atoms with Crippen molar-refractivity contribution >= 4 is 5.97 Å². The molecule has 0 bridgehead atoms. The molecule has 17 heavy (non-hydrogen) atoms. The van der Waals surface area contributed by atoms with Crippen LogP contribution in [-0.2, 0) is 11.3 Å². The number of likely N-dealkylation sites (N-methyl/N-ethyl adjacent to an activating group) is 1. The average Bonchev–Trinajstić information content (AvgIpc) is 2.26. The highest BCUT2D eigenvalue weighted by Crippen LogP contribution is 2.11. The predicted molar refractivity (Wildman–Crippen MR) is 65.9 cm³/mol. The zero-order valence-electron chi connectivity index (χ0n) is 10.3. The minimum atomic E-state index is -0.278. The SMILES string of the molecule is COC(=O)c1cccc(CN(C)C2CNC2)c1. The second-order valence-electron chi connectivity index (χ2n) is 4.42. The van der Waals surface area contributed by atoms with Crippen molar-refractivity contribution in [3.63, 3.8) is 0 Å². The highest BCUT2D eigenvalue weighted by atomic mass is 16.5. The Morgan fingerprint density at radius 2 is 2.29 bits per heavy atom. The molecule has 1 saturated heterocycles. The van der Waals surface area contributed by atoms with Crippen LogP contribution >= 0.6 is 0 Å². The van der Waals surface area contributed by atoms with E-state index in [0.29, 0.717) is 11.6 Å². The Hall–Kier alpha value is -1.39. The van der Waals surface area contributed by atoms with Gasteiger partial charge in [0.1, 0.15) is 0 Å². The lowest BCUT2D eigenvalue weighted by molar-refractivity contribution is 0.0600. The van der Waals surface area contributed by atoms with E-state index in [9.17, 15) is 4.79 Å². The van der Waals surface area contributed by atoms with Crippen molar-refractivity contribution < 1.29 is 9.53 Å². The summed E-state index contributed by atoms with van der Waals surface area (Å²) in [6, 6.07) is 8.22. The van der Waals surface area contributed by atoms with E-state index in [1.165, 1.54) is 7.11 Å². The summed E-state index contributed by atoms with van der Waals surface area (Å²) < 4.78 is 4.71. The largest absolute Gasteiger partial charge is 0.465 e. The molecular formula is C13H18N2O2. The molecule has 0 aliphatic carbocycles. The summed E-state index contributed by atoms with van der Waals surface area (Å²) in [5.74, 6) is -0.278. The van der Waals surface area contributed by atoms with Gasteiger partial charge in [-0.15, -0.1) is 0 Å². The number of nitrogens with one attached hydrogen (secondary N) is 1. The molecule has 1 fully saturated rings. The van der Waals surface area contributed by atoms with Crippen molar-refractivity contribution in [2.75, 3.05) is 27.2 Å². The summed E-state index contributed by atoms with van der Waals surface area (Å²) >= 11 is 0. The number of ether oxygens (including phenoxy) is 1. The number of nitrogens with zero attached hydrogens (tertiary/aromatic N) is 1. The van der Waals surface area contributed by atoms with E-state index in [2.05, 4.69) is 17.3 Å². The first-order valence-electron chi connectivity index (χ1n) is 5.79. The minimum absolute atomic E-state index is 0.278. The quantitative estimate of drug-likeness (QED) is 0.785. The molecule has 0 unspecified atom stereocenters. The third kappa shape index (κ3) is 2.84. The molecule has 1 N–H and O–H groups in total. The predicted octanol–water partition coefficient (Wildman–Crippen LogP) is 0.877. The minimum Gasteiger partial charge on any atom is -0.465 e. The van der Waals surface area contributed by atoms with Crippen LogP contribution < -0.4 is 5.32 Å². The molecule has 1 heterocycles. The summed E-state index contributed by atoms with van der Waals surface area (Å²) in [6.45, 7) is 2.96. The number of carbonyl (C=O) groups excluding carboxylic acids is 1. The van der Waals surface area contributed by atoms with Gasteiger partial charge < -0.3 is 10.1 Å². The summed E-state index contributed by atoms with van der Waals surface area (Å²) in [7, 11) is 3.51. The molecular weight excluding hydrogens is 216 g/mol. The van der Waals surface area contributed by atoms with Crippen LogP contribution in [-0.4, -0.2) is 44.2 Å². The number of esters is 1. The summed E-state index contributed by atoms with van der Waals surface area (Å²) in [6.07, 6.45) is 0. The fourth-order valence-electron chi connectivity index (χ4n) is 1.92. The van der Waals surface area contributed by atoms with Crippen LogP contribution in [0.25, 0.3) is 0 Å². The maximum Gasteiger partial charge on any atom is 0.337 e. The molecule has 1 aliphatic rings. The number of carbonyl (C=O) groups is 1. The monoisotopic (exact) mass is 234 g/mol. The van der Waals surface area contributed by atoms with Gasteiger partial charge in [-0.05, 0) is 24.7 Å². The fourth-order valence-corrected chi connectivity index (χ4v) is 1.92. The molecule has 4 heteroatoms. The van der Waals surface area contributed by atoms with Crippen LogP contribution in [0.15, 0.2) is 24.3 Å². The number of rotatable bonds is 4. The lowest BCUT2D eigenvalue weighted by Crippen LogP contribution is -2.55. The van der Waals surface area contributed by atoms with Gasteiger partial charge in [0.05, 0.1) is 12.7 Å². The molecule has 92 valence electrons. The molecule has 1 aliphatic heterocycles. The Bertz CT molecular complexity index is 402. The molecule has 0 amide bonds. The first-order chi connectivity index (χ1) is 8.20. The summed E-state index contributed by atoms with van der Waals surface area (Å²) in [5, 5.41) is 3.25. The van der Waals surface area contributed by atoms with Gasteiger partial charge in [-0.25, -0.2) is 4.79 Å². The van der Waals surface area contributed by atoms with Crippen molar-refractivity contribution in [1.29, 1.82) is 0 Å². The van der Waals surface area contributed by atoms with Crippen molar-refractivity contribution in [2.45, 2.75) is 12.6 Å². The van der Waals surface area contributed by atoms with Gasteiger partial charge in [-0.3, -0.25) is 4.90 Å². The molecule has 4 nitrogen and oxygen atoms in total. The standard InChI is InChI=1S/C13H18N2O2/c1-15(12-7-14-8-12)9-10-4-3-5-11(6-10)13(16)17-2/h3-6,12,14H,7-9H2,1-2H3. The van der Waals surface area contributed by atoms with Gasteiger partial charge >= 0.3 is 5.97 Å². The topological polar surface area (TPSA) is 41.6 Å². The zero-order valence-corrected chi connectivity index (χ0v) is 10.3. The Labute approximate surface area is 102 Å². The highest BCUT2D eigenvalue weighted by molar-refractivity contribution is 5.89. The molecule has 0 aromatic heterocycles. The number of methoxy groups -OCH3 is 1. The van der Waals surface area contributed by atoms with Gasteiger partial charge in [0.25, 0.3) is 0 Å². The fraction of sp³-hybridized carbons (Fsp3) is 0.462. The van der Waals surface area contributed by atoms with Crippen molar-refractivity contribution in [2.24, 2.45) is 0 Å². The van der Waals surface area contributed by atoms with Crippen LogP contribution in [0.3, 0.4) is 0 Å². The van der Waals surface area contributed by atoms with Gasteiger partial charge in [0.15, 0.2) is 0 Å². The number of hydrogen-bond acceptors (Lipinski definition) is 4. The van der Waals surface area contributed by atoms with E-state index < -0.39 is 0 Å². The summed E-state index contributed by atoms with van der Waals surface area (Å²) in [5.41, 5.74) is 1.76. The Morgan fingerprint density at radius 3 is 2.88 bits per heavy atom. The Morgan fingerprint density at radius 1 is 1.53 bits per heavy atom. The van der Waals surface area contributed by atoms with E-state index in [1.807, 2.05) is 18.2 Å². The van der Waals surface area contributed by atoms with E-state index in [-0.39, 0.29) is 5.97 Å². The molecule has 1 aromatic carbocycles. The first kappa shape index (κ1) is 12.1. The third-order valence-electron chi connectivity index (χ3n) is 3.16. The van der Waals surface area contributed by atoms with Crippen molar-refractivity contribution in [3.05, 3.63) is 35.4 Å². The third-order valence-corrected chi connectivity index (χ3v) is 3.16. The van der Waals surface area contributed by atoms with Gasteiger partial charge in [0.2, 0.25) is 0 Å². The maximum absolute atomic E-state index is 11.4. The second kappa shape index (κ2) is 5.29. The molecule has 0 atom stereocenters. The first-order valence-corrected chi connectivity index (χ1v) is 5.79. The second-order valence-corrected chi connectivity index (χ2v) is 4.42. The Balaban J connectivity index is 2.02. The van der Waals surface area contributed by atoms with Crippen LogP contribution in [0.1, 0.15) is 15.9 Å². The van der Waals surface area contributed by atoms with E-state index >= 15 is 0 Å². The molecule has 2 rings (SSSR count). The van der Waals surface area contributed by atoms with Gasteiger partial charge in [-0.1, -0.05) is 12.1 Å². The van der Waals surface area contributed by atoms with Crippen molar-refractivity contribution in [1.82, 2.24) is 10.2 Å². The van der Waals surface area contributed by atoms with Crippen molar-refractivity contribution in [3.8, 4) is 0 Å². The average molecular weight is 234 g/mol. The van der Waals surface area contributed by atoms with E-state index in [1.54, 1.807) is 6.07 Å². The van der Waals surface area contributed by atoms with Crippen LogP contribution in [0.4, 0.5) is 0 Å². The normalized spacial score (nSPS) is 15.7. The lowest BCUT2D eigenvalue weighted by Gasteiger charge is -2.35. The maximum atomic E-state index is 11.4. The van der Waals surface area contributed by atoms with Gasteiger partial charge in [0, 0.05) is 25.7 Å². The number of hydrogen-bond donors (Lipinski definition) is 1. The lowest BCUT2D eigenvalue weighted by atomic mass is 10.1. The zero-order chi connectivity index (χ0) is 12.3. The highest BCUT2D eigenvalue weighted by Gasteiger charge is 2.21. The smallest absolute Gasteiger partial charge is 0.337 e. The molecule has 0 spiro atoms. The van der Waals surface area contributed by atoms with Crippen LogP contribution in [0, 0.1) is 0 Å². The molecule has 0 radical (unpaired) electrons. The Kier molecular flexibility index (Phi) is 3.76. The number of benzene rings is 1. The molecule has 0 saturated carbocycles.